The van der Waals surface area contributed by atoms with Crippen LogP contribution in [0.4, 0.5) is 5.00 Å². The molecule has 0 saturated heterocycles. The second-order valence-electron chi connectivity index (χ2n) is 7.96. The molecule has 0 radical (unpaired) electrons. The standard InChI is InChI=1S/C24H23NO5S/c1-14-18(23(29)30-24(2,3)4)22(25-21(28)15-9-6-5-7-10-15)31-20(14)19(27)16-11-8-12-17(26)13-16/h5-13,26H,1-4H3,(H,25,28). The van der Waals surface area contributed by atoms with Gasteiger partial charge in [0.05, 0.1) is 10.4 Å². The van der Waals surface area contributed by atoms with Crippen LogP contribution in [-0.2, 0) is 4.74 Å². The second-order valence-corrected chi connectivity index (χ2v) is 8.98. The summed E-state index contributed by atoms with van der Waals surface area (Å²) in [6, 6.07) is 14.6. The minimum atomic E-state index is -0.748. The van der Waals surface area contributed by atoms with Crippen molar-refractivity contribution in [2.45, 2.75) is 33.3 Å². The molecule has 31 heavy (non-hydrogen) atoms. The maximum absolute atomic E-state index is 13.1. The van der Waals surface area contributed by atoms with Crippen LogP contribution in [-0.4, -0.2) is 28.4 Å². The van der Waals surface area contributed by atoms with E-state index in [1.807, 2.05) is 0 Å². The summed E-state index contributed by atoms with van der Waals surface area (Å²) in [4.78, 5) is 39.0. The van der Waals surface area contributed by atoms with Crippen LogP contribution < -0.4 is 5.32 Å². The average Bonchev–Trinajstić information content (AvgIpc) is 3.02. The van der Waals surface area contributed by atoms with Gasteiger partial charge < -0.3 is 15.2 Å². The van der Waals surface area contributed by atoms with Gasteiger partial charge in [-0.05, 0) is 57.5 Å². The van der Waals surface area contributed by atoms with Crippen molar-refractivity contribution >= 4 is 34.0 Å². The molecule has 1 heterocycles. The fourth-order valence-corrected chi connectivity index (χ4v) is 4.09. The van der Waals surface area contributed by atoms with Gasteiger partial charge >= 0.3 is 5.97 Å². The first-order valence-corrected chi connectivity index (χ1v) is 10.5. The number of ketones is 1. The van der Waals surface area contributed by atoms with Crippen LogP contribution in [0, 0.1) is 6.92 Å². The summed E-state index contributed by atoms with van der Waals surface area (Å²) < 4.78 is 5.52. The number of hydrogen-bond donors (Lipinski definition) is 2. The molecule has 0 bridgehead atoms. The third-order valence-electron chi connectivity index (χ3n) is 4.33. The number of hydrogen-bond acceptors (Lipinski definition) is 6. The van der Waals surface area contributed by atoms with E-state index >= 15 is 0 Å². The van der Waals surface area contributed by atoms with E-state index in [4.69, 9.17) is 4.74 Å². The number of anilines is 1. The highest BCUT2D eigenvalue weighted by Crippen LogP contribution is 2.36. The lowest BCUT2D eigenvalue weighted by molar-refractivity contribution is 0.00705. The first kappa shape index (κ1) is 22.2. The van der Waals surface area contributed by atoms with Crippen LogP contribution in [0.5, 0.6) is 5.75 Å². The predicted molar refractivity (Wildman–Crippen MR) is 120 cm³/mol. The summed E-state index contributed by atoms with van der Waals surface area (Å²) in [7, 11) is 0. The van der Waals surface area contributed by atoms with Crippen LogP contribution in [0.3, 0.4) is 0 Å². The summed E-state index contributed by atoms with van der Waals surface area (Å²) in [5.41, 5.74) is 0.510. The zero-order valence-corrected chi connectivity index (χ0v) is 18.5. The first-order valence-electron chi connectivity index (χ1n) is 9.63. The lowest BCUT2D eigenvalue weighted by Crippen LogP contribution is -2.25. The summed E-state index contributed by atoms with van der Waals surface area (Å²) in [5.74, 6) is -1.42. The van der Waals surface area contributed by atoms with E-state index in [9.17, 15) is 19.5 Å². The lowest BCUT2D eigenvalue weighted by atomic mass is 10.0. The number of carbonyl (C=O) groups excluding carboxylic acids is 3. The van der Waals surface area contributed by atoms with Gasteiger partial charge in [0.25, 0.3) is 5.91 Å². The SMILES string of the molecule is Cc1c(C(=O)c2cccc(O)c2)sc(NC(=O)c2ccccc2)c1C(=O)OC(C)(C)C. The van der Waals surface area contributed by atoms with Gasteiger partial charge in [0.1, 0.15) is 16.4 Å². The molecule has 0 aliphatic carbocycles. The van der Waals surface area contributed by atoms with E-state index in [0.29, 0.717) is 11.1 Å². The fraction of sp³-hybridized carbons (Fsp3) is 0.208. The number of amides is 1. The molecule has 0 unspecified atom stereocenters. The van der Waals surface area contributed by atoms with Crippen molar-refractivity contribution in [2.75, 3.05) is 5.32 Å². The zero-order chi connectivity index (χ0) is 22.8. The molecule has 1 aromatic heterocycles. The molecule has 160 valence electrons. The lowest BCUT2D eigenvalue weighted by Gasteiger charge is -2.20. The maximum atomic E-state index is 13.1. The molecule has 2 N–H and O–H groups in total. The van der Waals surface area contributed by atoms with Crippen molar-refractivity contribution in [1.82, 2.24) is 0 Å². The van der Waals surface area contributed by atoms with E-state index < -0.39 is 17.5 Å². The van der Waals surface area contributed by atoms with E-state index in [2.05, 4.69) is 5.32 Å². The van der Waals surface area contributed by atoms with Gasteiger partial charge in [0.2, 0.25) is 5.78 Å². The Labute approximate surface area is 184 Å². The van der Waals surface area contributed by atoms with Crippen molar-refractivity contribution in [3.8, 4) is 5.75 Å². The molecule has 2 aromatic carbocycles. The van der Waals surface area contributed by atoms with Crippen LogP contribution in [0.2, 0.25) is 0 Å². The molecule has 0 spiro atoms. The Bertz CT molecular complexity index is 1140. The van der Waals surface area contributed by atoms with E-state index in [-0.39, 0.29) is 32.5 Å². The molecule has 1 amide bonds. The van der Waals surface area contributed by atoms with Gasteiger partial charge in [0.15, 0.2) is 0 Å². The zero-order valence-electron chi connectivity index (χ0n) is 17.7. The van der Waals surface area contributed by atoms with Gasteiger partial charge in [-0.3, -0.25) is 9.59 Å². The highest BCUT2D eigenvalue weighted by Gasteiger charge is 2.29. The van der Waals surface area contributed by atoms with E-state index in [0.717, 1.165) is 11.3 Å². The molecule has 0 atom stereocenters. The van der Waals surface area contributed by atoms with Gasteiger partial charge in [-0.2, -0.15) is 0 Å². The molecule has 6 nitrogen and oxygen atoms in total. The molecule has 7 heteroatoms. The Morgan fingerprint density at radius 3 is 2.23 bits per heavy atom. The Morgan fingerprint density at radius 1 is 0.968 bits per heavy atom. The highest BCUT2D eigenvalue weighted by atomic mass is 32.1. The molecule has 3 aromatic rings. The van der Waals surface area contributed by atoms with E-state index in [1.165, 1.54) is 12.1 Å². The molecule has 3 rings (SSSR count). The minimum Gasteiger partial charge on any atom is -0.508 e. The Kier molecular flexibility index (Phi) is 6.27. The number of aromatic hydroxyl groups is 1. The first-order chi connectivity index (χ1) is 14.6. The minimum absolute atomic E-state index is 0.0370. The number of phenols is 1. The second kappa shape index (κ2) is 8.73. The number of esters is 1. The third-order valence-corrected chi connectivity index (χ3v) is 5.53. The number of carbonyl (C=O) groups is 3. The average molecular weight is 438 g/mol. The normalized spacial score (nSPS) is 11.1. The summed E-state index contributed by atoms with van der Waals surface area (Å²) in [6.07, 6.45) is 0. The summed E-state index contributed by atoms with van der Waals surface area (Å²) in [6.45, 7) is 6.87. The quantitative estimate of drug-likeness (QED) is 0.423. The molecule has 0 fully saturated rings. The van der Waals surface area contributed by atoms with E-state index in [1.54, 1.807) is 70.2 Å². The van der Waals surface area contributed by atoms with Crippen LogP contribution in [0.1, 0.15) is 62.3 Å². The molecule has 0 saturated carbocycles. The van der Waals surface area contributed by atoms with Gasteiger partial charge in [-0.1, -0.05) is 30.3 Å². The van der Waals surface area contributed by atoms with Crippen molar-refractivity contribution in [1.29, 1.82) is 0 Å². The molecular weight excluding hydrogens is 414 g/mol. The third kappa shape index (κ3) is 5.19. The Morgan fingerprint density at radius 2 is 1.61 bits per heavy atom. The number of benzene rings is 2. The van der Waals surface area contributed by atoms with Gasteiger partial charge in [-0.25, -0.2) is 4.79 Å². The van der Waals surface area contributed by atoms with Crippen molar-refractivity contribution in [3.63, 3.8) is 0 Å². The summed E-state index contributed by atoms with van der Waals surface area (Å²) >= 11 is 1.01. The van der Waals surface area contributed by atoms with Crippen molar-refractivity contribution in [2.24, 2.45) is 0 Å². The smallest absolute Gasteiger partial charge is 0.341 e. The van der Waals surface area contributed by atoms with Crippen molar-refractivity contribution < 1.29 is 24.2 Å². The van der Waals surface area contributed by atoms with Gasteiger partial charge in [0, 0.05) is 11.1 Å². The maximum Gasteiger partial charge on any atom is 0.341 e. The molecular formula is C24H23NO5S. The number of nitrogens with one attached hydrogen (secondary N) is 1. The number of ether oxygens (including phenoxy) is 1. The Hall–Kier alpha value is -3.45. The topological polar surface area (TPSA) is 92.7 Å². The molecule has 0 aliphatic heterocycles. The fourth-order valence-electron chi connectivity index (χ4n) is 2.94. The van der Waals surface area contributed by atoms with Crippen LogP contribution in [0.15, 0.2) is 54.6 Å². The van der Waals surface area contributed by atoms with Crippen LogP contribution >= 0.6 is 11.3 Å². The largest absolute Gasteiger partial charge is 0.508 e. The number of rotatable bonds is 5. The van der Waals surface area contributed by atoms with Crippen molar-refractivity contribution in [3.05, 3.63) is 81.7 Å². The van der Waals surface area contributed by atoms with Crippen LogP contribution in [0.25, 0.3) is 0 Å². The Balaban J connectivity index is 2.05. The predicted octanol–water partition coefficient (Wildman–Crippen LogP) is 5.20. The number of thiophene rings is 1. The highest BCUT2D eigenvalue weighted by molar-refractivity contribution is 7.19. The monoisotopic (exact) mass is 437 g/mol. The van der Waals surface area contributed by atoms with Gasteiger partial charge in [-0.15, -0.1) is 11.3 Å². The molecule has 0 aliphatic rings. The summed E-state index contributed by atoms with van der Waals surface area (Å²) in [5, 5.41) is 12.7. The number of phenolic OH excluding ortho intramolecular Hbond substituents is 1.